The van der Waals surface area contributed by atoms with Gasteiger partial charge in [-0.1, -0.05) is 0 Å². The Balaban J connectivity index is 3.04. The lowest BCUT2D eigenvalue weighted by Crippen LogP contribution is -2.16. The van der Waals surface area contributed by atoms with Crippen LogP contribution in [0.4, 0.5) is 0 Å². The molecule has 0 saturated heterocycles. The summed E-state index contributed by atoms with van der Waals surface area (Å²) in [6, 6.07) is 0. The SMILES string of the molecule is NCCOCCOCCOCCOCCOCCOCCOCCOCCOCCOCCOCCOCCOCCOCCC(=O)O. The summed E-state index contributed by atoms with van der Waals surface area (Å²) >= 11 is 0. The Morgan fingerprint density at radius 2 is 0.438 bits per heavy atom. The van der Waals surface area contributed by atoms with Crippen molar-refractivity contribution in [3.8, 4) is 0 Å². The molecule has 288 valence electrons. The van der Waals surface area contributed by atoms with E-state index in [1.807, 2.05) is 0 Å². The molecule has 17 nitrogen and oxygen atoms in total. The highest BCUT2D eigenvalue weighted by atomic mass is 16.6. The van der Waals surface area contributed by atoms with Crippen molar-refractivity contribution in [3.05, 3.63) is 0 Å². The van der Waals surface area contributed by atoms with Gasteiger partial charge in [-0.15, -0.1) is 0 Å². The number of hydrogen-bond donors (Lipinski definition) is 2. The van der Waals surface area contributed by atoms with Crippen molar-refractivity contribution in [2.75, 3.05) is 192 Å². The van der Waals surface area contributed by atoms with Crippen LogP contribution in [-0.4, -0.2) is 203 Å². The van der Waals surface area contributed by atoms with Crippen molar-refractivity contribution < 1.29 is 76.2 Å². The van der Waals surface area contributed by atoms with Gasteiger partial charge in [0.1, 0.15) is 0 Å². The van der Waals surface area contributed by atoms with Gasteiger partial charge in [0.2, 0.25) is 0 Å². The summed E-state index contributed by atoms with van der Waals surface area (Å²) in [6.45, 7) is 13.9. The Morgan fingerprint density at radius 3 is 0.583 bits per heavy atom. The maximum atomic E-state index is 10.3. The zero-order valence-corrected chi connectivity index (χ0v) is 28.9. The van der Waals surface area contributed by atoms with Crippen LogP contribution in [0.25, 0.3) is 0 Å². The van der Waals surface area contributed by atoms with E-state index >= 15 is 0 Å². The van der Waals surface area contributed by atoms with Crippen molar-refractivity contribution in [2.45, 2.75) is 6.42 Å². The minimum absolute atomic E-state index is 0.00423. The average Bonchev–Trinajstić information content (AvgIpc) is 3.08. The predicted molar refractivity (Wildman–Crippen MR) is 173 cm³/mol. The molecule has 0 heterocycles. The molecule has 0 spiro atoms. The van der Waals surface area contributed by atoms with Crippen LogP contribution in [0.1, 0.15) is 6.42 Å². The highest BCUT2D eigenvalue weighted by molar-refractivity contribution is 5.66. The molecule has 17 heteroatoms. The third kappa shape index (κ3) is 44.9. The van der Waals surface area contributed by atoms with Crippen LogP contribution < -0.4 is 5.73 Å². The highest BCUT2D eigenvalue weighted by Crippen LogP contribution is 1.88. The van der Waals surface area contributed by atoms with Crippen LogP contribution in [0.15, 0.2) is 0 Å². The standard InChI is InChI=1S/C31H63NO16/c32-2-4-36-6-8-38-10-12-40-14-16-42-18-20-44-22-24-46-26-28-48-30-29-47-27-25-45-23-21-43-19-17-41-15-13-39-11-9-37-7-5-35-3-1-31(33)34/h1-30,32H2,(H,33,34). The fourth-order valence-electron chi connectivity index (χ4n) is 3.20. The first-order valence-corrected chi connectivity index (χ1v) is 16.8. The van der Waals surface area contributed by atoms with Gasteiger partial charge in [0, 0.05) is 6.54 Å². The zero-order chi connectivity index (χ0) is 34.7. The van der Waals surface area contributed by atoms with Gasteiger partial charge in [-0.3, -0.25) is 4.79 Å². The van der Waals surface area contributed by atoms with E-state index in [9.17, 15) is 4.79 Å². The lowest BCUT2D eigenvalue weighted by molar-refractivity contribution is -0.138. The molecule has 0 rings (SSSR count). The first-order chi connectivity index (χ1) is 23.8. The Labute approximate surface area is 286 Å². The van der Waals surface area contributed by atoms with E-state index in [0.29, 0.717) is 185 Å². The third-order valence-electron chi connectivity index (χ3n) is 5.56. The minimum Gasteiger partial charge on any atom is -0.481 e. The smallest absolute Gasteiger partial charge is 0.305 e. The summed E-state index contributed by atoms with van der Waals surface area (Å²) in [5.41, 5.74) is 5.33. The van der Waals surface area contributed by atoms with Crippen molar-refractivity contribution in [3.63, 3.8) is 0 Å². The summed E-state index contributed by atoms with van der Waals surface area (Å²) in [4.78, 5) is 10.3. The van der Waals surface area contributed by atoms with Gasteiger partial charge in [-0.25, -0.2) is 0 Å². The van der Waals surface area contributed by atoms with Crippen molar-refractivity contribution in [1.82, 2.24) is 0 Å². The Bertz CT molecular complexity index is 611. The molecular weight excluding hydrogens is 642 g/mol. The summed E-state index contributed by atoms with van der Waals surface area (Å²) in [7, 11) is 0. The maximum Gasteiger partial charge on any atom is 0.305 e. The second-order valence-corrected chi connectivity index (χ2v) is 9.51. The van der Waals surface area contributed by atoms with Crippen LogP contribution in [0, 0.1) is 0 Å². The van der Waals surface area contributed by atoms with Crippen molar-refractivity contribution in [1.29, 1.82) is 0 Å². The van der Waals surface area contributed by atoms with Gasteiger partial charge in [0.25, 0.3) is 0 Å². The molecule has 0 bridgehead atoms. The third-order valence-corrected chi connectivity index (χ3v) is 5.56. The molecule has 48 heavy (non-hydrogen) atoms. The Hall–Kier alpha value is -1.13. The molecule has 0 atom stereocenters. The Kier molecular flexibility index (Phi) is 42.9. The van der Waals surface area contributed by atoms with Crippen LogP contribution >= 0.6 is 0 Å². The normalized spacial score (nSPS) is 11.5. The van der Waals surface area contributed by atoms with Crippen molar-refractivity contribution in [2.24, 2.45) is 5.73 Å². The number of hydrogen-bond acceptors (Lipinski definition) is 16. The molecule has 0 aromatic carbocycles. The number of carboxylic acid groups (broad SMARTS) is 1. The molecule has 0 aromatic rings. The first kappa shape index (κ1) is 46.9. The second-order valence-electron chi connectivity index (χ2n) is 9.51. The summed E-state index contributed by atoms with van der Waals surface area (Å²) in [6.07, 6.45) is -0.00423. The number of carbonyl (C=O) groups is 1. The van der Waals surface area contributed by atoms with Crippen LogP contribution in [0.2, 0.25) is 0 Å². The number of ether oxygens (including phenoxy) is 14. The Morgan fingerprint density at radius 1 is 0.292 bits per heavy atom. The molecule has 0 radical (unpaired) electrons. The van der Waals surface area contributed by atoms with E-state index < -0.39 is 5.97 Å². The van der Waals surface area contributed by atoms with E-state index in [-0.39, 0.29) is 13.0 Å². The van der Waals surface area contributed by atoms with E-state index in [0.717, 1.165) is 0 Å². The minimum atomic E-state index is -0.876. The zero-order valence-electron chi connectivity index (χ0n) is 28.9. The molecule has 0 aromatic heterocycles. The molecular formula is C31H63NO16. The van der Waals surface area contributed by atoms with Gasteiger partial charge in [-0.05, 0) is 0 Å². The van der Waals surface area contributed by atoms with Crippen molar-refractivity contribution >= 4 is 5.97 Å². The molecule has 0 aliphatic heterocycles. The topological polar surface area (TPSA) is 193 Å². The van der Waals surface area contributed by atoms with E-state index in [4.69, 9.17) is 77.2 Å². The van der Waals surface area contributed by atoms with Crippen LogP contribution in [0.3, 0.4) is 0 Å². The molecule has 0 amide bonds. The van der Waals surface area contributed by atoms with E-state index in [1.54, 1.807) is 0 Å². The molecule has 0 aliphatic rings. The summed E-state index contributed by atoms with van der Waals surface area (Å²) < 4.78 is 75.5. The highest BCUT2D eigenvalue weighted by Gasteiger charge is 1.98. The fraction of sp³-hybridized carbons (Fsp3) is 0.968. The van der Waals surface area contributed by atoms with Gasteiger partial charge >= 0.3 is 5.97 Å². The monoisotopic (exact) mass is 705 g/mol. The van der Waals surface area contributed by atoms with E-state index in [1.165, 1.54) is 0 Å². The predicted octanol–water partition coefficient (Wildman–Crippen LogP) is -0.348. The van der Waals surface area contributed by atoms with Crippen LogP contribution in [-0.2, 0) is 71.1 Å². The summed E-state index contributed by atoms with van der Waals surface area (Å²) in [5.74, 6) is -0.876. The number of nitrogens with two attached hydrogens (primary N) is 1. The van der Waals surface area contributed by atoms with Gasteiger partial charge in [0.15, 0.2) is 0 Å². The molecule has 0 unspecified atom stereocenters. The van der Waals surface area contributed by atoms with Gasteiger partial charge in [0.05, 0.1) is 191 Å². The van der Waals surface area contributed by atoms with Crippen LogP contribution in [0.5, 0.6) is 0 Å². The first-order valence-electron chi connectivity index (χ1n) is 16.8. The molecule has 3 N–H and O–H groups in total. The average molecular weight is 706 g/mol. The van der Waals surface area contributed by atoms with Gasteiger partial charge in [-0.2, -0.15) is 0 Å². The fourth-order valence-corrected chi connectivity index (χ4v) is 3.20. The maximum absolute atomic E-state index is 10.3. The van der Waals surface area contributed by atoms with Gasteiger partial charge < -0.3 is 77.2 Å². The van der Waals surface area contributed by atoms with E-state index in [2.05, 4.69) is 0 Å². The number of rotatable bonds is 44. The lowest BCUT2D eigenvalue weighted by Gasteiger charge is -2.09. The number of aliphatic carboxylic acids is 1. The number of carboxylic acids is 1. The molecule has 0 aliphatic carbocycles. The molecule has 0 saturated carbocycles. The molecule has 0 fully saturated rings. The largest absolute Gasteiger partial charge is 0.481 e. The lowest BCUT2D eigenvalue weighted by atomic mass is 10.5. The second kappa shape index (κ2) is 43.9. The summed E-state index contributed by atoms with van der Waals surface area (Å²) in [5, 5.41) is 8.49. The quantitative estimate of drug-likeness (QED) is 0.0781.